The molecular formula is C10H22N2. The van der Waals surface area contributed by atoms with Gasteiger partial charge in [-0.15, -0.1) is 0 Å². The Hall–Kier alpha value is -0.0800. The summed E-state index contributed by atoms with van der Waals surface area (Å²) in [5.41, 5.74) is 0.569. The third-order valence-electron chi connectivity index (χ3n) is 2.97. The molecule has 0 aromatic rings. The van der Waals surface area contributed by atoms with Gasteiger partial charge in [-0.25, -0.2) is 0 Å². The third kappa shape index (κ3) is 3.11. The van der Waals surface area contributed by atoms with Gasteiger partial charge in [-0.2, -0.15) is 0 Å². The molecule has 2 nitrogen and oxygen atoms in total. The molecule has 1 fully saturated rings. The molecule has 0 aromatic carbocycles. The van der Waals surface area contributed by atoms with E-state index < -0.39 is 0 Å². The van der Waals surface area contributed by atoms with Gasteiger partial charge in [0.25, 0.3) is 0 Å². The van der Waals surface area contributed by atoms with Crippen LogP contribution in [0.1, 0.15) is 38.5 Å². The van der Waals surface area contributed by atoms with Crippen LogP contribution in [0.25, 0.3) is 0 Å². The van der Waals surface area contributed by atoms with Gasteiger partial charge in [0, 0.05) is 5.54 Å². The number of hydrogen-bond acceptors (Lipinski definition) is 2. The van der Waals surface area contributed by atoms with Crippen LogP contribution in [0.3, 0.4) is 0 Å². The first-order valence-electron chi connectivity index (χ1n) is 5.16. The molecule has 0 aliphatic heterocycles. The fourth-order valence-electron chi connectivity index (χ4n) is 1.72. The Bertz CT molecular complexity index is 119. The van der Waals surface area contributed by atoms with E-state index >= 15 is 0 Å². The van der Waals surface area contributed by atoms with E-state index in [0.29, 0.717) is 5.54 Å². The molecule has 0 saturated heterocycles. The number of nitrogens with one attached hydrogen (secondary N) is 2. The Morgan fingerprint density at radius 1 is 1.08 bits per heavy atom. The van der Waals surface area contributed by atoms with Gasteiger partial charge in [0.15, 0.2) is 0 Å². The lowest BCUT2D eigenvalue weighted by atomic mass is 10.1. The Morgan fingerprint density at radius 2 is 1.83 bits per heavy atom. The fourth-order valence-corrected chi connectivity index (χ4v) is 1.72. The van der Waals surface area contributed by atoms with Crippen molar-refractivity contribution in [2.75, 3.05) is 20.6 Å². The highest BCUT2D eigenvalue weighted by Crippen LogP contribution is 2.39. The summed E-state index contributed by atoms with van der Waals surface area (Å²) in [5.74, 6) is 0. The lowest BCUT2D eigenvalue weighted by Gasteiger charge is -2.12. The summed E-state index contributed by atoms with van der Waals surface area (Å²) in [6.07, 6.45) is 8.28. The number of hydrogen-bond donors (Lipinski definition) is 2. The van der Waals surface area contributed by atoms with Gasteiger partial charge >= 0.3 is 0 Å². The summed E-state index contributed by atoms with van der Waals surface area (Å²) in [6.45, 7) is 1.17. The van der Waals surface area contributed by atoms with Gasteiger partial charge in [0.2, 0.25) is 0 Å². The summed E-state index contributed by atoms with van der Waals surface area (Å²) in [4.78, 5) is 0. The highest BCUT2D eigenvalue weighted by atomic mass is 15.0. The van der Waals surface area contributed by atoms with E-state index in [4.69, 9.17) is 0 Å². The molecule has 0 heterocycles. The second-order valence-electron chi connectivity index (χ2n) is 3.94. The predicted octanol–water partition coefficient (Wildman–Crippen LogP) is 1.52. The Kier molecular flexibility index (Phi) is 4.02. The summed E-state index contributed by atoms with van der Waals surface area (Å²) < 4.78 is 0. The predicted molar refractivity (Wildman–Crippen MR) is 53.4 cm³/mol. The van der Waals surface area contributed by atoms with Gasteiger partial charge in [-0.1, -0.05) is 12.8 Å². The topological polar surface area (TPSA) is 24.1 Å². The smallest absolute Gasteiger partial charge is 0.0179 e. The summed E-state index contributed by atoms with van der Waals surface area (Å²) in [6, 6.07) is 0. The third-order valence-corrected chi connectivity index (χ3v) is 2.97. The second-order valence-corrected chi connectivity index (χ2v) is 3.94. The monoisotopic (exact) mass is 170 g/mol. The standard InChI is InChI=1S/C10H22N2/c1-11-9-5-3-4-6-10(12-2)7-8-10/h11-12H,3-9H2,1-2H3. The number of rotatable bonds is 7. The molecule has 0 aromatic heterocycles. The average molecular weight is 170 g/mol. The SMILES string of the molecule is CNCCCCCC1(NC)CC1. The quantitative estimate of drug-likeness (QED) is 0.566. The van der Waals surface area contributed by atoms with Crippen molar-refractivity contribution in [3.05, 3.63) is 0 Å². The van der Waals surface area contributed by atoms with E-state index in [0.717, 1.165) is 0 Å². The van der Waals surface area contributed by atoms with Crippen LogP contribution in [0.2, 0.25) is 0 Å². The lowest BCUT2D eigenvalue weighted by Crippen LogP contribution is -2.26. The summed E-state index contributed by atoms with van der Waals surface area (Å²) in [7, 11) is 4.12. The largest absolute Gasteiger partial charge is 0.320 e. The first-order chi connectivity index (χ1) is 5.83. The van der Waals surface area contributed by atoms with Crippen molar-refractivity contribution in [1.82, 2.24) is 10.6 Å². The summed E-state index contributed by atoms with van der Waals surface area (Å²) >= 11 is 0. The van der Waals surface area contributed by atoms with E-state index in [-0.39, 0.29) is 0 Å². The Morgan fingerprint density at radius 3 is 2.33 bits per heavy atom. The Labute approximate surface area is 76.1 Å². The fraction of sp³-hybridized carbons (Fsp3) is 1.00. The van der Waals surface area contributed by atoms with Crippen molar-refractivity contribution in [2.24, 2.45) is 0 Å². The van der Waals surface area contributed by atoms with Gasteiger partial charge in [0.05, 0.1) is 0 Å². The van der Waals surface area contributed by atoms with E-state index in [9.17, 15) is 0 Å². The van der Waals surface area contributed by atoms with Crippen molar-refractivity contribution in [3.8, 4) is 0 Å². The van der Waals surface area contributed by atoms with Crippen molar-refractivity contribution in [3.63, 3.8) is 0 Å². The molecule has 0 spiro atoms. The van der Waals surface area contributed by atoms with Crippen LogP contribution in [0, 0.1) is 0 Å². The molecule has 0 unspecified atom stereocenters. The van der Waals surface area contributed by atoms with E-state index in [1.54, 1.807) is 0 Å². The van der Waals surface area contributed by atoms with Crippen LogP contribution >= 0.6 is 0 Å². The second kappa shape index (κ2) is 4.83. The lowest BCUT2D eigenvalue weighted by molar-refractivity contribution is 0.473. The van der Waals surface area contributed by atoms with E-state index in [1.165, 1.54) is 45.1 Å². The molecule has 2 N–H and O–H groups in total. The van der Waals surface area contributed by atoms with Gasteiger partial charge in [0.1, 0.15) is 0 Å². The maximum Gasteiger partial charge on any atom is 0.0179 e. The van der Waals surface area contributed by atoms with Gasteiger partial charge < -0.3 is 10.6 Å². The molecule has 2 heteroatoms. The van der Waals surface area contributed by atoms with Crippen LogP contribution in [-0.4, -0.2) is 26.2 Å². The molecule has 0 radical (unpaired) electrons. The Balaban J connectivity index is 1.89. The molecular weight excluding hydrogens is 148 g/mol. The zero-order valence-corrected chi connectivity index (χ0v) is 8.45. The normalized spacial score (nSPS) is 19.5. The zero-order chi connectivity index (χ0) is 8.86. The molecule has 1 aliphatic rings. The van der Waals surface area contributed by atoms with Crippen LogP contribution in [-0.2, 0) is 0 Å². The first kappa shape index (κ1) is 10.0. The van der Waals surface area contributed by atoms with Crippen molar-refractivity contribution < 1.29 is 0 Å². The van der Waals surface area contributed by atoms with Crippen LogP contribution in [0.4, 0.5) is 0 Å². The average Bonchev–Trinajstić information content (AvgIpc) is 2.85. The molecule has 72 valence electrons. The highest BCUT2D eigenvalue weighted by Gasteiger charge is 2.39. The van der Waals surface area contributed by atoms with Crippen LogP contribution < -0.4 is 10.6 Å². The van der Waals surface area contributed by atoms with Crippen molar-refractivity contribution in [2.45, 2.75) is 44.1 Å². The van der Waals surface area contributed by atoms with Crippen molar-refractivity contribution >= 4 is 0 Å². The molecule has 1 aliphatic carbocycles. The molecule has 1 rings (SSSR count). The molecule has 1 saturated carbocycles. The van der Waals surface area contributed by atoms with Crippen molar-refractivity contribution in [1.29, 1.82) is 0 Å². The minimum atomic E-state index is 0.569. The van der Waals surface area contributed by atoms with Crippen LogP contribution in [0.5, 0.6) is 0 Å². The minimum Gasteiger partial charge on any atom is -0.320 e. The van der Waals surface area contributed by atoms with Gasteiger partial charge in [-0.05, 0) is 46.3 Å². The zero-order valence-electron chi connectivity index (χ0n) is 8.45. The van der Waals surface area contributed by atoms with Crippen LogP contribution in [0.15, 0.2) is 0 Å². The van der Waals surface area contributed by atoms with Gasteiger partial charge in [-0.3, -0.25) is 0 Å². The molecule has 0 atom stereocenters. The minimum absolute atomic E-state index is 0.569. The van der Waals surface area contributed by atoms with E-state index in [2.05, 4.69) is 17.7 Å². The molecule has 0 bridgehead atoms. The molecule has 12 heavy (non-hydrogen) atoms. The summed E-state index contributed by atoms with van der Waals surface area (Å²) in [5, 5.41) is 6.61. The maximum atomic E-state index is 3.43. The molecule has 0 amide bonds. The number of unbranched alkanes of at least 4 members (excludes halogenated alkanes) is 2. The highest BCUT2D eigenvalue weighted by molar-refractivity contribution is 5.00. The van der Waals surface area contributed by atoms with E-state index in [1.807, 2.05) is 7.05 Å². The maximum absolute atomic E-state index is 3.43. The first-order valence-corrected chi connectivity index (χ1v) is 5.16.